The SMILES string of the molecule is O=C(/C=C/c1cnc2ccccc2n1)Nc1cccc(OCCn2cncn2)c1. The highest BCUT2D eigenvalue weighted by atomic mass is 16.5. The van der Waals surface area contributed by atoms with Crippen LogP contribution in [0.4, 0.5) is 5.69 Å². The molecule has 29 heavy (non-hydrogen) atoms. The van der Waals surface area contributed by atoms with E-state index in [2.05, 4.69) is 25.4 Å². The van der Waals surface area contributed by atoms with Gasteiger partial charge in [0.15, 0.2) is 0 Å². The van der Waals surface area contributed by atoms with Gasteiger partial charge in [-0.3, -0.25) is 9.78 Å². The van der Waals surface area contributed by atoms with Gasteiger partial charge in [-0.05, 0) is 30.3 Å². The first kappa shape index (κ1) is 18.3. The van der Waals surface area contributed by atoms with Gasteiger partial charge in [-0.1, -0.05) is 18.2 Å². The number of ether oxygens (including phenoxy) is 1. The number of nitrogens with zero attached hydrogens (tertiary/aromatic N) is 5. The van der Waals surface area contributed by atoms with Gasteiger partial charge in [0.1, 0.15) is 25.0 Å². The van der Waals surface area contributed by atoms with Gasteiger partial charge in [-0.15, -0.1) is 0 Å². The molecule has 0 fully saturated rings. The Kier molecular flexibility index (Phi) is 5.52. The van der Waals surface area contributed by atoms with E-state index in [1.54, 1.807) is 35.4 Å². The molecule has 2 aromatic heterocycles. The lowest BCUT2D eigenvalue weighted by molar-refractivity contribution is -0.111. The van der Waals surface area contributed by atoms with E-state index in [1.165, 1.54) is 12.4 Å². The number of carbonyl (C=O) groups is 1. The molecule has 0 aliphatic rings. The molecule has 1 N–H and O–H groups in total. The molecule has 0 radical (unpaired) electrons. The summed E-state index contributed by atoms with van der Waals surface area (Å²) in [6.07, 6.45) is 7.80. The fourth-order valence-electron chi connectivity index (χ4n) is 2.67. The third-order valence-corrected chi connectivity index (χ3v) is 4.03. The molecular formula is C21H18N6O2. The van der Waals surface area contributed by atoms with Crippen molar-refractivity contribution < 1.29 is 9.53 Å². The highest BCUT2D eigenvalue weighted by Gasteiger charge is 2.02. The monoisotopic (exact) mass is 386 g/mol. The Morgan fingerprint density at radius 2 is 2.03 bits per heavy atom. The van der Waals surface area contributed by atoms with E-state index in [0.717, 1.165) is 11.0 Å². The molecule has 144 valence electrons. The van der Waals surface area contributed by atoms with Crippen molar-refractivity contribution in [1.82, 2.24) is 24.7 Å². The van der Waals surface area contributed by atoms with Gasteiger partial charge in [0.05, 0.1) is 29.5 Å². The van der Waals surface area contributed by atoms with Crippen LogP contribution in [0.25, 0.3) is 17.1 Å². The third kappa shape index (κ3) is 5.01. The van der Waals surface area contributed by atoms with Gasteiger partial charge < -0.3 is 10.1 Å². The topological polar surface area (TPSA) is 94.8 Å². The van der Waals surface area contributed by atoms with E-state index in [-0.39, 0.29) is 5.91 Å². The second kappa shape index (κ2) is 8.75. The number of rotatable bonds is 7. The average molecular weight is 386 g/mol. The molecule has 8 heteroatoms. The maximum atomic E-state index is 12.2. The molecule has 0 bridgehead atoms. The lowest BCUT2D eigenvalue weighted by Gasteiger charge is -2.08. The number of fused-ring (bicyclic) bond motifs is 1. The van der Waals surface area contributed by atoms with E-state index < -0.39 is 0 Å². The average Bonchev–Trinajstić information content (AvgIpc) is 3.26. The third-order valence-electron chi connectivity index (χ3n) is 4.03. The zero-order valence-corrected chi connectivity index (χ0v) is 15.5. The lowest BCUT2D eigenvalue weighted by atomic mass is 10.2. The van der Waals surface area contributed by atoms with E-state index in [0.29, 0.717) is 30.3 Å². The quantitative estimate of drug-likeness (QED) is 0.491. The second-order valence-corrected chi connectivity index (χ2v) is 6.14. The van der Waals surface area contributed by atoms with Crippen LogP contribution in [0.5, 0.6) is 5.75 Å². The number of anilines is 1. The molecule has 4 rings (SSSR count). The van der Waals surface area contributed by atoms with Crippen LogP contribution in [0.15, 0.2) is 73.5 Å². The minimum absolute atomic E-state index is 0.264. The summed E-state index contributed by atoms with van der Waals surface area (Å²) in [6.45, 7) is 1.04. The minimum atomic E-state index is -0.264. The standard InChI is InChI=1S/C21H18N6O2/c28-21(9-8-17-13-23-19-6-1-2-7-20(19)25-17)26-16-4-3-5-18(12-16)29-11-10-27-15-22-14-24-27/h1-9,12-15H,10-11H2,(H,26,28)/b9-8+. The summed E-state index contributed by atoms with van der Waals surface area (Å²) < 4.78 is 7.38. The maximum Gasteiger partial charge on any atom is 0.248 e. The van der Waals surface area contributed by atoms with Crippen LogP contribution >= 0.6 is 0 Å². The number of aromatic nitrogens is 5. The van der Waals surface area contributed by atoms with Gasteiger partial charge in [0, 0.05) is 17.8 Å². The van der Waals surface area contributed by atoms with Crippen LogP contribution < -0.4 is 10.1 Å². The molecule has 0 atom stereocenters. The predicted molar refractivity (Wildman–Crippen MR) is 109 cm³/mol. The van der Waals surface area contributed by atoms with Crippen molar-refractivity contribution in [2.45, 2.75) is 6.54 Å². The van der Waals surface area contributed by atoms with Crippen LogP contribution in [-0.2, 0) is 11.3 Å². The van der Waals surface area contributed by atoms with Crippen LogP contribution in [-0.4, -0.2) is 37.2 Å². The van der Waals surface area contributed by atoms with Gasteiger partial charge in [0.25, 0.3) is 0 Å². The summed E-state index contributed by atoms with van der Waals surface area (Å²) in [6, 6.07) is 14.8. The molecule has 0 unspecified atom stereocenters. The summed E-state index contributed by atoms with van der Waals surface area (Å²) >= 11 is 0. The van der Waals surface area contributed by atoms with Crippen LogP contribution in [0.2, 0.25) is 0 Å². The van der Waals surface area contributed by atoms with E-state index >= 15 is 0 Å². The largest absolute Gasteiger partial charge is 0.492 e. The first-order valence-corrected chi connectivity index (χ1v) is 9.02. The number of benzene rings is 2. The summed E-state index contributed by atoms with van der Waals surface area (Å²) in [5.41, 5.74) is 2.85. The number of para-hydroxylation sites is 2. The highest BCUT2D eigenvalue weighted by Crippen LogP contribution is 2.17. The first-order chi connectivity index (χ1) is 14.3. The van der Waals surface area contributed by atoms with Crippen molar-refractivity contribution in [2.75, 3.05) is 11.9 Å². The second-order valence-electron chi connectivity index (χ2n) is 6.14. The molecule has 2 heterocycles. The lowest BCUT2D eigenvalue weighted by Crippen LogP contribution is -2.10. The van der Waals surface area contributed by atoms with Crippen LogP contribution in [0, 0.1) is 0 Å². The maximum absolute atomic E-state index is 12.2. The number of hydrogen-bond donors (Lipinski definition) is 1. The highest BCUT2D eigenvalue weighted by molar-refractivity contribution is 6.01. The molecule has 0 saturated carbocycles. The van der Waals surface area contributed by atoms with E-state index in [4.69, 9.17) is 4.74 Å². The molecule has 2 aromatic carbocycles. The number of amides is 1. The van der Waals surface area contributed by atoms with Crippen molar-refractivity contribution in [1.29, 1.82) is 0 Å². The number of nitrogens with one attached hydrogen (secondary N) is 1. The van der Waals surface area contributed by atoms with Crippen molar-refractivity contribution in [3.8, 4) is 5.75 Å². The Labute approximate surface area is 166 Å². The normalized spacial score (nSPS) is 11.0. The summed E-state index contributed by atoms with van der Waals surface area (Å²) in [4.78, 5) is 24.9. The molecule has 8 nitrogen and oxygen atoms in total. The van der Waals surface area contributed by atoms with Gasteiger partial charge in [-0.2, -0.15) is 5.10 Å². The zero-order valence-electron chi connectivity index (χ0n) is 15.5. The molecule has 0 aliphatic heterocycles. The van der Waals surface area contributed by atoms with Crippen LogP contribution in [0.3, 0.4) is 0 Å². The van der Waals surface area contributed by atoms with Crippen molar-refractivity contribution in [3.05, 3.63) is 79.2 Å². The van der Waals surface area contributed by atoms with Crippen molar-refractivity contribution in [3.63, 3.8) is 0 Å². The fraction of sp³-hybridized carbons (Fsp3) is 0.0952. The number of carbonyl (C=O) groups excluding carboxylic acids is 1. The van der Waals surface area contributed by atoms with Gasteiger partial charge in [-0.25, -0.2) is 14.6 Å². The van der Waals surface area contributed by atoms with E-state index in [9.17, 15) is 4.79 Å². The Balaban J connectivity index is 1.34. The molecule has 4 aromatic rings. The predicted octanol–water partition coefficient (Wildman–Crippen LogP) is 2.95. The minimum Gasteiger partial charge on any atom is -0.492 e. The Morgan fingerprint density at radius 3 is 2.90 bits per heavy atom. The number of hydrogen-bond acceptors (Lipinski definition) is 6. The Bertz CT molecular complexity index is 1140. The summed E-state index contributed by atoms with van der Waals surface area (Å²) in [5.74, 6) is 0.395. The smallest absolute Gasteiger partial charge is 0.248 e. The van der Waals surface area contributed by atoms with E-state index in [1.807, 2.05) is 36.4 Å². The van der Waals surface area contributed by atoms with Gasteiger partial charge in [0.2, 0.25) is 5.91 Å². The molecule has 0 saturated heterocycles. The molecule has 0 spiro atoms. The molecular weight excluding hydrogens is 368 g/mol. The first-order valence-electron chi connectivity index (χ1n) is 9.02. The van der Waals surface area contributed by atoms with Crippen molar-refractivity contribution >= 4 is 28.7 Å². The zero-order chi connectivity index (χ0) is 19.9. The molecule has 0 aliphatic carbocycles. The summed E-state index contributed by atoms with van der Waals surface area (Å²) in [5, 5.41) is 6.83. The van der Waals surface area contributed by atoms with Crippen molar-refractivity contribution in [2.24, 2.45) is 0 Å². The van der Waals surface area contributed by atoms with Gasteiger partial charge >= 0.3 is 0 Å². The van der Waals surface area contributed by atoms with Crippen LogP contribution in [0.1, 0.15) is 5.69 Å². The summed E-state index contributed by atoms with van der Waals surface area (Å²) in [7, 11) is 0. The molecule has 1 amide bonds. The Hall–Kier alpha value is -4.07. The fourth-order valence-corrected chi connectivity index (χ4v) is 2.67. The Morgan fingerprint density at radius 1 is 1.14 bits per heavy atom.